The molecule has 18 heavy (non-hydrogen) atoms. The molecular weight excluding hydrogens is 220 g/mol. The van der Waals surface area contributed by atoms with E-state index in [1.807, 2.05) is 18.2 Å². The van der Waals surface area contributed by atoms with Crippen molar-refractivity contribution in [1.82, 2.24) is 0 Å². The number of benzene rings is 2. The predicted octanol–water partition coefficient (Wildman–Crippen LogP) is 4.47. The third kappa shape index (κ3) is 2.06. The van der Waals surface area contributed by atoms with E-state index in [0.29, 0.717) is 0 Å². The monoisotopic (exact) mass is 235 g/mol. The molecule has 0 saturated heterocycles. The van der Waals surface area contributed by atoms with E-state index >= 15 is 0 Å². The van der Waals surface area contributed by atoms with Crippen molar-refractivity contribution in [3.8, 4) is 0 Å². The van der Waals surface area contributed by atoms with Crippen molar-refractivity contribution >= 4 is 5.69 Å². The van der Waals surface area contributed by atoms with Gasteiger partial charge in [-0.05, 0) is 23.6 Å². The van der Waals surface area contributed by atoms with Gasteiger partial charge in [-0.25, -0.2) is 0 Å². The predicted molar refractivity (Wildman–Crippen MR) is 72.8 cm³/mol. The Hall–Kier alpha value is -1.96. The normalized spacial score (nSPS) is 13.8. The Morgan fingerprint density at radius 3 is 2.33 bits per heavy atom. The van der Waals surface area contributed by atoms with Gasteiger partial charge in [-0.2, -0.15) is 10.2 Å². The van der Waals surface area contributed by atoms with Crippen molar-refractivity contribution in [2.45, 2.75) is 19.8 Å². The van der Waals surface area contributed by atoms with Gasteiger partial charge >= 0.3 is 0 Å². The van der Waals surface area contributed by atoms with Crippen molar-refractivity contribution in [3.63, 3.8) is 0 Å². The maximum absolute atomic E-state index is 4.28. The number of azo groups is 1. The second-order valence-electron chi connectivity index (χ2n) is 4.51. The lowest BCUT2D eigenvalue weighted by Gasteiger charge is -2.07. The first kappa shape index (κ1) is 11.1. The zero-order chi connectivity index (χ0) is 12.4. The summed E-state index contributed by atoms with van der Waals surface area (Å²) in [5.74, 6) is 0. The Balaban J connectivity index is 1.80. The maximum Gasteiger partial charge on any atom is 0.144 e. The fourth-order valence-electron chi connectivity index (χ4n) is 2.19. The standard InChI is InChI=1S/C16H15N2/c1-2-12-7-9-13(10-8-12)11-16-14-5-3-4-6-15(14)17-18-16/h3-10H,2,11H2,1H3. The Morgan fingerprint density at radius 1 is 0.833 bits per heavy atom. The first-order valence-electron chi connectivity index (χ1n) is 6.31. The van der Waals surface area contributed by atoms with Crippen molar-refractivity contribution in [2.24, 2.45) is 10.2 Å². The smallest absolute Gasteiger partial charge is 0.144 e. The lowest BCUT2D eigenvalue weighted by Crippen LogP contribution is -1.98. The molecule has 3 rings (SSSR count). The zero-order valence-corrected chi connectivity index (χ0v) is 10.4. The van der Waals surface area contributed by atoms with Gasteiger partial charge in [-0.15, -0.1) is 0 Å². The average Bonchev–Trinajstić information content (AvgIpc) is 2.83. The van der Waals surface area contributed by atoms with Crippen LogP contribution < -0.4 is 0 Å². The summed E-state index contributed by atoms with van der Waals surface area (Å²) < 4.78 is 0. The van der Waals surface area contributed by atoms with Crippen LogP contribution in [0.15, 0.2) is 58.8 Å². The van der Waals surface area contributed by atoms with Crippen LogP contribution in [0.4, 0.5) is 5.69 Å². The SMILES string of the molecule is CCc1ccc(C[C]2N=Nc3ccccc32)cc1. The minimum Gasteiger partial charge on any atom is -0.174 e. The number of aryl methyl sites for hydroxylation is 1. The lowest BCUT2D eigenvalue weighted by atomic mass is 9.98. The highest BCUT2D eigenvalue weighted by atomic mass is 15.2. The van der Waals surface area contributed by atoms with Crippen LogP contribution >= 0.6 is 0 Å². The van der Waals surface area contributed by atoms with E-state index in [2.05, 4.69) is 47.5 Å². The molecule has 0 unspecified atom stereocenters. The number of hydrogen-bond acceptors (Lipinski definition) is 2. The second kappa shape index (κ2) is 4.73. The molecule has 1 aliphatic rings. The van der Waals surface area contributed by atoms with E-state index in [9.17, 15) is 0 Å². The van der Waals surface area contributed by atoms with Crippen LogP contribution in [0.3, 0.4) is 0 Å². The van der Waals surface area contributed by atoms with Gasteiger partial charge in [0.25, 0.3) is 0 Å². The van der Waals surface area contributed by atoms with E-state index in [1.54, 1.807) is 0 Å². The van der Waals surface area contributed by atoms with Crippen LogP contribution in [-0.2, 0) is 12.8 Å². The number of rotatable bonds is 3. The van der Waals surface area contributed by atoms with Crippen LogP contribution in [0.1, 0.15) is 23.6 Å². The molecule has 1 heterocycles. The molecule has 1 radical (unpaired) electrons. The molecule has 2 aromatic carbocycles. The molecular formula is C16H15N2. The summed E-state index contributed by atoms with van der Waals surface area (Å²) in [6.07, 6.45) is 1.93. The number of hydrogen-bond donors (Lipinski definition) is 0. The number of nitrogens with zero attached hydrogens (tertiary/aromatic N) is 2. The van der Waals surface area contributed by atoms with E-state index in [1.165, 1.54) is 11.1 Å². The van der Waals surface area contributed by atoms with Gasteiger partial charge in [0.1, 0.15) is 6.04 Å². The van der Waals surface area contributed by atoms with Crippen LogP contribution in [0.2, 0.25) is 0 Å². The van der Waals surface area contributed by atoms with E-state index < -0.39 is 0 Å². The van der Waals surface area contributed by atoms with Gasteiger partial charge in [-0.3, -0.25) is 0 Å². The lowest BCUT2D eigenvalue weighted by molar-refractivity contribution is 0.943. The summed E-state index contributed by atoms with van der Waals surface area (Å²) in [6.45, 7) is 2.17. The fraction of sp³-hybridized carbons (Fsp3) is 0.188. The van der Waals surface area contributed by atoms with Crippen molar-refractivity contribution in [1.29, 1.82) is 0 Å². The summed E-state index contributed by atoms with van der Waals surface area (Å²) in [5.41, 5.74) is 4.81. The van der Waals surface area contributed by atoms with E-state index in [4.69, 9.17) is 0 Å². The summed E-state index contributed by atoms with van der Waals surface area (Å²) in [4.78, 5) is 0. The van der Waals surface area contributed by atoms with Gasteiger partial charge in [0.05, 0.1) is 5.69 Å². The molecule has 0 atom stereocenters. The quantitative estimate of drug-likeness (QED) is 0.750. The summed E-state index contributed by atoms with van der Waals surface area (Å²) in [5, 5.41) is 8.48. The molecule has 0 saturated carbocycles. The Morgan fingerprint density at radius 2 is 1.56 bits per heavy atom. The number of fused-ring (bicyclic) bond motifs is 1. The molecule has 0 amide bonds. The van der Waals surface area contributed by atoms with Crippen LogP contribution in [0.25, 0.3) is 0 Å². The zero-order valence-electron chi connectivity index (χ0n) is 10.4. The topological polar surface area (TPSA) is 24.7 Å². The van der Waals surface area contributed by atoms with Crippen molar-refractivity contribution in [3.05, 3.63) is 71.3 Å². The minimum absolute atomic E-state index is 0.852. The molecule has 2 nitrogen and oxygen atoms in total. The van der Waals surface area contributed by atoms with E-state index in [-0.39, 0.29) is 0 Å². The van der Waals surface area contributed by atoms with Gasteiger partial charge in [-0.1, -0.05) is 49.4 Å². The highest BCUT2D eigenvalue weighted by Crippen LogP contribution is 2.36. The maximum atomic E-state index is 4.28. The molecule has 89 valence electrons. The van der Waals surface area contributed by atoms with Crippen molar-refractivity contribution < 1.29 is 0 Å². The third-order valence-electron chi connectivity index (χ3n) is 3.30. The third-order valence-corrected chi connectivity index (χ3v) is 3.30. The first-order valence-corrected chi connectivity index (χ1v) is 6.31. The molecule has 0 spiro atoms. The molecule has 2 aromatic rings. The molecule has 2 heteroatoms. The first-order chi connectivity index (χ1) is 8.86. The highest BCUT2D eigenvalue weighted by Gasteiger charge is 2.21. The highest BCUT2D eigenvalue weighted by molar-refractivity contribution is 5.56. The van der Waals surface area contributed by atoms with Crippen molar-refractivity contribution in [2.75, 3.05) is 0 Å². The van der Waals surface area contributed by atoms with Crippen LogP contribution in [0.5, 0.6) is 0 Å². The summed E-state index contributed by atoms with van der Waals surface area (Å²) in [7, 11) is 0. The average molecular weight is 235 g/mol. The Labute approximate surface area is 107 Å². The molecule has 1 aliphatic heterocycles. The van der Waals surface area contributed by atoms with Gasteiger partial charge < -0.3 is 0 Å². The molecule has 0 N–H and O–H groups in total. The van der Waals surface area contributed by atoms with E-state index in [0.717, 1.165) is 30.1 Å². The van der Waals surface area contributed by atoms with Gasteiger partial charge in [0.15, 0.2) is 0 Å². The second-order valence-corrected chi connectivity index (χ2v) is 4.51. The molecule has 0 fully saturated rings. The van der Waals surface area contributed by atoms with Gasteiger partial charge in [0.2, 0.25) is 0 Å². The molecule has 0 aliphatic carbocycles. The van der Waals surface area contributed by atoms with Crippen LogP contribution in [0, 0.1) is 6.04 Å². The Kier molecular flexibility index (Phi) is 2.93. The van der Waals surface area contributed by atoms with Crippen LogP contribution in [-0.4, -0.2) is 0 Å². The molecule has 0 aromatic heterocycles. The minimum atomic E-state index is 0.852. The fourth-order valence-corrected chi connectivity index (χ4v) is 2.19. The summed E-state index contributed by atoms with van der Waals surface area (Å²) in [6, 6.07) is 17.9. The summed E-state index contributed by atoms with van der Waals surface area (Å²) >= 11 is 0. The molecule has 0 bridgehead atoms. The van der Waals surface area contributed by atoms with Gasteiger partial charge in [0, 0.05) is 12.0 Å². The Bertz CT molecular complexity index is 570. The largest absolute Gasteiger partial charge is 0.174 e.